The van der Waals surface area contributed by atoms with E-state index < -0.39 is 0 Å². The Hall–Kier alpha value is -1.86. The summed E-state index contributed by atoms with van der Waals surface area (Å²) >= 11 is 7.48. The van der Waals surface area contributed by atoms with Crippen molar-refractivity contribution in [2.45, 2.75) is 13.3 Å². The van der Waals surface area contributed by atoms with Crippen LogP contribution in [0.5, 0.6) is 0 Å². The molecule has 2 amide bonds. The van der Waals surface area contributed by atoms with Crippen molar-refractivity contribution in [1.29, 1.82) is 0 Å². The smallest absolute Gasteiger partial charge is 0.317 e. The van der Waals surface area contributed by atoms with Gasteiger partial charge >= 0.3 is 6.03 Å². The molecule has 3 heterocycles. The van der Waals surface area contributed by atoms with Crippen molar-refractivity contribution in [3.05, 3.63) is 39.4 Å². The number of hydrogen-bond donors (Lipinski definition) is 1. The number of carbonyl (C=O) groups is 1. The number of thiazole rings is 1. The molecule has 0 aliphatic carbocycles. The highest BCUT2D eigenvalue weighted by Gasteiger charge is 2.21. The number of aryl methyl sites for hydroxylation is 1. The van der Waals surface area contributed by atoms with Crippen LogP contribution in [0.3, 0.4) is 0 Å². The maximum Gasteiger partial charge on any atom is 0.317 e. The van der Waals surface area contributed by atoms with E-state index in [-0.39, 0.29) is 6.03 Å². The van der Waals surface area contributed by atoms with E-state index in [0.717, 1.165) is 33.9 Å². The van der Waals surface area contributed by atoms with Gasteiger partial charge in [0.2, 0.25) is 0 Å². The summed E-state index contributed by atoms with van der Waals surface area (Å²) in [6.07, 6.45) is 2.50. The Labute approximate surface area is 150 Å². The van der Waals surface area contributed by atoms with Crippen LogP contribution in [0.1, 0.15) is 10.7 Å². The Balaban J connectivity index is 1.42. The molecule has 1 saturated heterocycles. The zero-order valence-corrected chi connectivity index (χ0v) is 15.1. The first-order valence-electron chi connectivity index (χ1n) is 7.94. The van der Waals surface area contributed by atoms with Gasteiger partial charge in [0.25, 0.3) is 0 Å². The predicted octanol–water partition coefficient (Wildman–Crippen LogP) is 2.57. The molecule has 2 aromatic heterocycles. The summed E-state index contributed by atoms with van der Waals surface area (Å²) in [5, 5.41) is 3.92. The van der Waals surface area contributed by atoms with E-state index in [0.29, 0.717) is 26.1 Å². The summed E-state index contributed by atoms with van der Waals surface area (Å²) in [4.78, 5) is 25.0. The first-order chi connectivity index (χ1) is 11.6. The lowest BCUT2D eigenvalue weighted by Gasteiger charge is -2.35. The number of aromatic nitrogens is 2. The van der Waals surface area contributed by atoms with E-state index in [9.17, 15) is 4.79 Å². The molecule has 0 atom stereocenters. The van der Waals surface area contributed by atoms with E-state index in [2.05, 4.69) is 20.2 Å². The van der Waals surface area contributed by atoms with Crippen LogP contribution in [0.4, 0.5) is 10.6 Å². The number of rotatable bonds is 4. The number of hydrogen-bond acceptors (Lipinski definition) is 5. The van der Waals surface area contributed by atoms with Gasteiger partial charge in [-0.25, -0.2) is 14.8 Å². The van der Waals surface area contributed by atoms with Gasteiger partial charge in [-0.2, -0.15) is 0 Å². The molecule has 1 fully saturated rings. The number of anilines is 1. The van der Waals surface area contributed by atoms with Crippen LogP contribution in [-0.2, 0) is 6.42 Å². The highest BCUT2D eigenvalue weighted by molar-refractivity contribution is 7.16. The van der Waals surface area contributed by atoms with Crippen molar-refractivity contribution >= 4 is 34.8 Å². The SMILES string of the molecule is Cc1nc(CCNC(=O)N2CCN(c3ccccn3)CC2)sc1Cl. The van der Waals surface area contributed by atoms with Crippen molar-refractivity contribution in [3.8, 4) is 0 Å². The topological polar surface area (TPSA) is 61.4 Å². The summed E-state index contributed by atoms with van der Waals surface area (Å²) in [7, 11) is 0. The van der Waals surface area contributed by atoms with Crippen molar-refractivity contribution in [3.63, 3.8) is 0 Å². The summed E-state index contributed by atoms with van der Waals surface area (Å²) in [6, 6.07) is 5.87. The zero-order chi connectivity index (χ0) is 16.9. The standard InChI is InChI=1S/C16H20ClN5OS/c1-12-15(17)24-14(20-12)5-7-19-16(23)22-10-8-21(9-11-22)13-4-2-3-6-18-13/h2-4,6H,5,7-11H2,1H3,(H,19,23). The minimum absolute atomic E-state index is 0.0185. The molecule has 0 spiro atoms. The second kappa shape index (κ2) is 7.81. The van der Waals surface area contributed by atoms with E-state index in [1.54, 1.807) is 6.20 Å². The van der Waals surface area contributed by atoms with Crippen LogP contribution in [0.25, 0.3) is 0 Å². The number of amides is 2. The highest BCUT2D eigenvalue weighted by atomic mass is 35.5. The number of piperazine rings is 1. The number of carbonyl (C=O) groups excluding carboxylic acids is 1. The number of nitrogens with one attached hydrogen (secondary N) is 1. The van der Waals surface area contributed by atoms with Gasteiger partial charge in [0.1, 0.15) is 10.2 Å². The van der Waals surface area contributed by atoms with Gasteiger partial charge in [0.05, 0.1) is 10.7 Å². The first kappa shape index (κ1) is 17.0. The molecule has 6 nitrogen and oxygen atoms in total. The molecule has 0 radical (unpaired) electrons. The van der Waals surface area contributed by atoms with Gasteiger partial charge in [-0.1, -0.05) is 17.7 Å². The fraction of sp³-hybridized carbons (Fsp3) is 0.438. The fourth-order valence-electron chi connectivity index (χ4n) is 2.61. The summed E-state index contributed by atoms with van der Waals surface area (Å²) in [5.41, 5.74) is 0.855. The third-order valence-electron chi connectivity index (χ3n) is 3.94. The second-order valence-electron chi connectivity index (χ2n) is 5.61. The van der Waals surface area contributed by atoms with Crippen LogP contribution >= 0.6 is 22.9 Å². The van der Waals surface area contributed by atoms with Crippen LogP contribution in [0.2, 0.25) is 4.34 Å². The zero-order valence-electron chi connectivity index (χ0n) is 13.5. The van der Waals surface area contributed by atoms with Crippen LogP contribution in [0, 0.1) is 6.92 Å². The third-order valence-corrected chi connectivity index (χ3v) is 5.45. The third kappa shape index (κ3) is 4.15. The Morgan fingerprint density at radius 1 is 1.33 bits per heavy atom. The van der Waals surface area contributed by atoms with Gasteiger partial charge < -0.3 is 15.1 Å². The van der Waals surface area contributed by atoms with Gasteiger partial charge in [-0.3, -0.25) is 0 Å². The Morgan fingerprint density at radius 2 is 2.12 bits per heavy atom. The molecule has 3 rings (SSSR count). The molecule has 0 unspecified atom stereocenters. The number of urea groups is 1. The molecule has 1 N–H and O–H groups in total. The molecule has 8 heteroatoms. The molecule has 1 aliphatic heterocycles. The molecule has 0 bridgehead atoms. The molecule has 0 aromatic carbocycles. The second-order valence-corrected chi connectivity index (χ2v) is 7.30. The molecular formula is C16H20ClN5OS. The fourth-order valence-corrected chi connectivity index (χ4v) is 3.70. The molecule has 2 aromatic rings. The van der Waals surface area contributed by atoms with Crippen LogP contribution < -0.4 is 10.2 Å². The minimum Gasteiger partial charge on any atom is -0.353 e. The van der Waals surface area contributed by atoms with Gasteiger partial charge in [-0.15, -0.1) is 11.3 Å². The molecule has 128 valence electrons. The number of halogens is 1. The van der Waals surface area contributed by atoms with Crippen LogP contribution in [-0.4, -0.2) is 53.6 Å². The van der Waals surface area contributed by atoms with Gasteiger partial charge in [-0.05, 0) is 19.1 Å². The quantitative estimate of drug-likeness (QED) is 0.904. The summed E-state index contributed by atoms with van der Waals surface area (Å²) in [5.74, 6) is 0.966. The minimum atomic E-state index is -0.0185. The van der Waals surface area contributed by atoms with E-state index in [1.165, 1.54) is 11.3 Å². The van der Waals surface area contributed by atoms with Crippen LogP contribution in [0.15, 0.2) is 24.4 Å². The Morgan fingerprint density at radius 3 is 2.75 bits per heavy atom. The highest BCUT2D eigenvalue weighted by Crippen LogP contribution is 2.23. The molecule has 24 heavy (non-hydrogen) atoms. The lowest BCUT2D eigenvalue weighted by atomic mass is 10.3. The normalized spacial score (nSPS) is 14.8. The average Bonchev–Trinajstić information content (AvgIpc) is 2.93. The van der Waals surface area contributed by atoms with Crippen molar-refractivity contribution < 1.29 is 4.79 Å². The predicted molar refractivity (Wildman–Crippen MR) is 97.0 cm³/mol. The Kier molecular flexibility index (Phi) is 5.52. The lowest BCUT2D eigenvalue weighted by Crippen LogP contribution is -2.52. The first-order valence-corrected chi connectivity index (χ1v) is 9.13. The van der Waals surface area contributed by atoms with Gasteiger partial charge in [0.15, 0.2) is 0 Å². The van der Waals surface area contributed by atoms with Crippen molar-refractivity contribution in [2.75, 3.05) is 37.6 Å². The lowest BCUT2D eigenvalue weighted by molar-refractivity contribution is 0.194. The Bertz CT molecular complexity index is 666. The average molecular weight is 366 g/mol. The monoisotopic (exact) mass is 365 g/mol. The van der Waals surface area contributed by atoms with Crippen molar-refractivity contribution in [1.82, 2.24) is 20.2 Å². The molecular weight excluding hydrogens is 346 g/mol. The largest absolute Gasteiger partial charge is 0.353 e. The van der Waals surface area contributed by atoms with Crippen molar-refractivity contribution in [2.24, 2.45) is 0 Å². The summed E-state index contributed by atoms with van der Waals surface area (Å²) < 4.78 is 0.724. The summed E-state index contributed by atoms with van der Waals surface area (Å²) in [6.45, 7) is 5.46. The van der Waals surface area contributed by atoms with Gasteiger partial charge in [0, 0.05) is 45.3 Å². The maximum atomic E-state index is 12.2. The molecule has 0 saturated carbocycles. The number of nitrogens with zero attached hydrogens (tertiary/aromatic N) is 4. The number of pyridine rings is 1. The van der Waals surface area contributed by atoms with E-state index in [1.807, 2.05) is 30.0 Å². The van der Waals surface area contributed by atoms with E-state index in [4.69, 9.17) is 11.6 Å². The van der Waals surface area contributed by atoms with E-state index >= 15 is 0 Å². The maximum absolute atomic E-state index is 12.2. The molecule has 1 aliphatic rings.